The van der Waals surface area contributed by atoms with Crippen LogP contribution in [0, 0.1) is 0 Å². The summed E-state index contributed by atoms with van der Waals surface area (Å²) < 4.78 is 59.2. The fourth-order valence-corrected chi connectivity index (χ4v) is 4.78. The summed E-state index contributed by atoms with van der Waals surface area (Å²) in [5.74, 6) is 0. The summed E-state index contributed by atoms with van der Waals surface area (Å²) in [6.45, 7) is 14.2. The predicted molar refractivity (Wildman–Crippen MR) is 139 cm³/mol. The van der Waals surface area contributed by atoms with Gasteiger partial charge in [-0.15, -0.1) is 0 Å². The molecule has 0 spiro atoms. The van der Waals surface area contributed by atoms with E-state index < -0.39 is 7.81 Å². The fraction of sp³-hybridized carbons (Fsp3) is 0.538. The van der Waals surface area contributed by atoms with Gasteiger partial charge in [0.15, 0.2) is 0 Å². The second kappa shape index (κ2) is 13.9. The Hall–Kier alpha value is -1.19. The van der Waals surface area contributed by atoms with Crippen molar-refractivity contribution in [2.24, 2.45) is 0 Å². The van der Waals surface area contributed by atoms with Crippen molar-refractivity contribution in [1.29, 1.82) is 0 Å². The molecule has 0 aliphatic carbocycles. The van der Waals surface area contributed by atoms with E-state index in [9.17, 15) is 25.2 Å². The van der Waals surface area contributed by atoms with Crippen molar-refractivity contribution in [1.82, 2.24) is 19.6 Å². The van der Waals surface area contributed by atoms with E-state index in [-0.39, 0.29) is 17.1 Å². The van der Waals surface area contributed by atoms with Gasteiger partial charge in [-0.2, -0.15) is 0 Å². The number of rotatable bonds is 4. The smallest absolute Gasteiger partial charge is 0.301 e. The van der Waals surface area contributed by atoms with E-state index in [4.69, 9.17) is 0 Å². The van der Waals surface area contributed by atoms with Crippen molar-refractivity contribution < 1.29 is 42.3 Å². The molecule has 0 N–H and O–H groups in total. The van der Waals surface area contributed by atoms with E-state index in [1.807, 2.05) is 0 Å². The average Bonchev–Trinajstić information content (AvgIpc) is 2.82. The van der Waals surface area contributed by atoms with Gasteiger partial charge in [0, 0.05) is 52.4 Å². The summed E-state index contributed by atoms with van der Waals surface area (Å²) in [5, 5.41) is 0. The Bertz CT molecular complexity index is 863. The Morgan fingerprint density at radius 2 is 0.789 bits per heavy atom. The third-order valence-electron chi connectivity index (χ3n) is 6.59. The van der Waals surface area contributed by atoms with Crippen LogP contribution in [0.4, 0.5) is 25.2 Å². The van der Waals surface area contributed by atoms with Gasteiger partial charge in [0.2, 0.25) is 0 Å². The van der Waals surface area contributed by atoms with E-state index in [0.29, 0.717) is 0 Å². The Morgan fingerprint density at radius 3 is 1.13 bits per heavy atom. The summed E-state index contributed by atoms with van der Waals surface area (Å²) in [6, 6.07) is 22.0. The zero-order chi connectivity index (χ0) is 26.8. The molecular formula is C26H38CuF6N4P. The summed E-state index contributed by atoms with van der Waals surface area (Å²) in [7, 11) is -10.7. The summed E-state index contributed by atoms with van der Waals surface area (Å²) in [4.78, 5) is 10.8. The summed E-state index contributed by atoms with van der Waals surface area (Å²) in [5.41, 5.74) is 2.88. The van der Waals surface area contributed by atoms with Crippen LogP contribution in [0.15, 0.2) is 60.7 Å². The third-order valence-corrected chi connectivity index (χ3v) is 6.59. The van der Waals surface area contributed by atoms with Gasteiger partial charge in [-0.3, -0.25) is 9.80 Å². The van der Waals surface area contributed by atoms with Crippen molar-refractivity contribution in [3.63, 3.8) is 0 Å². The molecule has 2 aliphatic heterocycles. The first-order chi connectivity index (χ1) is 17.3. The minimum Gasteiger partial charge on any atom is -0.301 e. The first-order valence-electron chi connectivity index (χ1n) is 12.8. The topological polar surface area (TPSA) is 13.0 Å². The first kappa shape index (κ1) is 33.0. The quantitative estimate of drug-likeness (QED) is 0.214. The molecule has 0 aromatic heterocycles. The molecular weight excluding hydrogens is 577 g/mol. The molecule has 12 heteroatoms. The number of hydrogen-bond donors (Lipinski definition) is 0. The maximum absolute atomic E-state index is 10.7. The van der Waals surface area contributed by atoms with Gasteiger partial charge in [-0.1, -0.05) is 60.7 Å². The second-order valence-corrected chi connectivity index (χ2v) is 11.8. The molecule has 2 fully saturated rings. The Kier molecular flexibility index (Phi) is 12.1. The van der Waals surface area contributed by atoms with Gasteiger partial charge in [-0.25, -0.2) is 0 Å². The molecule has 2 atom stereocenters. The molecule has 0 saturated carbocycles. The first-order valence-corrected chi connectivity index (χ1v) is 14.9. The third kappa shape index (κ3) is 16.0. The van der Waals surface area contributed by atoms with Crippen LogP contribution in [0.1, 0.15) is 24.0 Å². The average molecular weight is 615 g/mol. The van der Waals surface area contributed by atoms with Crippen LogP contribution >= 0.6 is 7.81 Å². The largest absolute Gasteiger partial charge is 1.00 e. The van der Waals surface area contributed by atoms with Gasteiger partial charge in [0.25, 0.3) is 0 Å². The number of nitrogens with zero attached hydrogens (tertiary/aromatic N) is 4. The van der Waals surface area contributed by atoms with Crippen LogP contribution in [-0.4, -0.2) is 85.0 Å². The molecule has 38 heavy (non-hydrogen) atoms. The van der Waals surface area contributed by atoms with Gasteiger partial charge in [0.1, 0.15) is 0 Å². The van der Waals surface area contributed by atoms with Crippen molar-refractivity contribution >= 4 is 7.81 Å². The van der Waals surface area contributed by atoms with Crippen molar-refractivity contribution in [2.45, 2.75) is 25.9 Å². The van der Waals surface area contributed by atoms with Crippen molar-refractivity contribution in [3.05, 3.63) is 71.8 Å². The zero-order valence-electron chi connectivity index (χ0n) is 21.5. The van der Waals surface area contributed by atoms with E-state index >= 15 is 0 Å². The Morgan fingerprint density at radius 1 is 0.474 bits per heavy atom. The van der Waals surface area contributed by atoms with Gasteiger partial charge >= 0.3 is 50.1 Å². The molecule has 2 aromatic carbocycles. The molecule has 0 radical (unpaired) electrons. The predicted octanol–water partition coefficient (Wildman–Crippen LogP) is 6.78. The van der Waals surface area contributed by atoms with Crippen LogP contribution in [0.2, 0.25) is 0 Å². The molecule has 2 heterocycles. The van der Waals surface area contributed by atoms with Gasteiger partial charge in [0.05, 0.1) is 0 Å². The molecule has 2 aromatic rings. The van der Waals surface area contributed by atoms with Crippen molar-refractivity contribution in [2.75, 3.05) is 65.4 Å². The van der Waals surface area contributed by atoms with Crippen molar-refractivity contribution in [3.8, 4) is 0 Å². The number of benzene rings is 2. The minimum absolute atomic E-state index is 0. The normalized spacial score (nSPS) is 24.1. The Balaban J connectivity index is 0.000000561. The standard InChI is InChI=1S/C26H38N4.Cu.F6P/c1-3-9-25(10-4-1)23-29-15-7-13-28-18-17-27(19-21-29)14-8-16-30(22-20-28)24-26-11-5-2-6-12-26;;1-7(2,3,4,5)6/h1-6,9-12H,7-8,13-24H2;;/q;+1;-1. The van der Waals surface area contributed by atoms with E-state index in [0.717, 1.165) is 13.1 Å². The van der Waals surface area contributed by atoms with Crippen LogP contribution in [0.25, 0.3) is 0 Å². The van der Waals surface area contributed by atoms with Crippen LogP contribution in [0.5, 0.6) is 0 Å². The van der Waals surface area contributed by atoms with E-state index in [2.05, 4.69) is 80.3 Å². The van der Waals surface area contributed by atoms with E-state index in [1.165, 1.54) is 89.4 Å². The summed E-state index contributed by atoms with van der Waals surface area (Å²) in [6.07, 6.45) is 2.54. The molecule has 0 amide bonds. The zero-order valence-corrected chi connectivity index (χ0v) is 23.3. The Labute approximate surface area is 232 Å². The molecule has 2 bridgehead atoms. The fourth-order valence-electron chi connectivity index (χ4n) is 4.78. The molecule has 4 nitrogen and oxygen atoms in total. The maximum atomic E-state index is 9.87. The number of halogens is 6. The van der Waals surface area contributed by atoms with Gasteiger partial charge < -0.3 is 9.80 Å². The molecule has 2 aliphatic rings. The van der Waals surface area contributed by atoms with Gasteiger partial charge in [-0.05, 0) is 50.1 Å². The minimum atomic E-state index is -10.7. The monoisotopic (exact) mass is 614 g/mol. The molecule has 220 valence electrons. The number of fused-ring (bicyclic) bond motifs is 3. The van der Waals surface area contributed by atoms with Crippen LogP contribution in [0.3, 0.4) is 0 Å². The van der Waals surface area contributed by atoms with Crippen LogP contribution < -0.4 is 0 Å². The van der Waals surface area contributed by atoms with Crippen LogP contribution in [-0.2, 0) is 30.2 Å². The summed E-state index contributed by atoms with van der Waals surface area (Å²) >= 11 is 0. The van der Waals surface area contributed by atoms with E-state index in [1.54, 1.807) is 0 Å². The molecule has 2 unspecified atom stereocenters. The molecule has 4 rings (SSSR count). The maximum Gasteiger partial charge on any atom is 1.00 e. The number of hydrogen-bond acceptors (Lipinski definition) is 4. The SMILES string of the molecule is F[P-](F)(F)(F)(F)F.[Cu+].c1ccc(CN2CCCN3CCN(CCCN(Cc4ccccc4)CC3)CC2)cc1. The second-order valence-electron chi connectivity index (χ2n) is 9.87. The molecule has 2 saturated heterocycles.